The van der Waals surface area contributed by atoms with Crippen molar-refractivity contribution < 1.29 is 23.9 Å². The van der Waals surface area contributed by atoms with Crippen molar-refractivity contribution in [1.29, 1.82) is 0 Å². The third kappa shape index (κ3) is 5.11. The summed E-state index contributed by atoms with van der Waals surface area (Å²) >= 11 is 1.48. The van der Waals surface area contributed by atoms with Crippen LogP contribution in [0.4, 0.5) is 9.93 Å². The summed E-state index contributed by atoms with van der Waals surface area (Å²) in [5, 5.41) is 3.57. The number of ether oxygens (including phenoxy) is 2. The minimum Gasteiger partial charge on any atom is -0.410 e. The van der Waals surface area contributed by atoms with Gasteiger partial charge in [-0.1, -0.05) is 13.0 Å². The molecule has 3 fully saturated rings. The minimum atomic E-state index is -0.318. The first kappa shape index (κ1) is 26.4. The van der Waals surface area contributed by atoms with Gasteiger partial charge >= 0.3 is 6.09 Å². The van der Waals surface area contributed by atoms with E-state index in [1.165, 1.54) is 22.5 Å². The van der Waals surface area contributed by atoms with E-state index in [1.54, 1.807) is 11.1 Å². The number of hydrogen-bond acceptors (Lipinski definition) is 7. The third-order valence-electron chi connectivity index (χ3n) is 9.63. The highest BCUT2D eigenvalue weighted by molar-refractivity contribution is 7.15. The summed E-state index contributed by atoms with van der Waals surface area (Å²) in [5.41, 5.74) is 2.31. The van der Waals surface area contributed by atoms with Gasteiger partial charge < -0.3 is 19.7 Å². The average Bonchev–Trinajstić information content (AvgIpc) is 3.46. The number of hydrogen-bond donors (Lipinski definition) is 1. The van der Waals surface area contributed by atoms with Gasteiger partial charge in [0.1, 0.15) is 11.5 Å². The van der Waals surface area contributed by atoms with Crippen LogP contribution in [-0.2, 0) is 20.7 Å². The standard InChI is InChI=1S/C30H37N3O5S/c1-18-17-31-28(39-18)32-26(35)8-4-20-16-25(34)30(2)10-9-23-22-7-5-21(15-19(22)3-6-24(23)27(20)30)38-29(36)33-11-13-37-14-12-33/h5,7,15,17,20,23-24,27H,3-4,6,8-14,16H2,1-2H3,(H,31,32,35)/t20-,23?,24?,27?,30-/m1/s1. The number of amides is 2. The predicted molar refractivity (Wildman–Crippen MR) is 148 cm³/mol. The number of fused-ring (bicyclic) bond motifs is 5. The van der Waals surface area contributed by atoms with Crippen molar-refractivity contribution >= 4 is 34.3 Å². The van der Waals surface area contributed by atoms with Crippen LogP contribution in [0, 0.1) is 30.1 Å². The molecule has 5 atom stereocenters. The number of benzene rings is 1. The van der Waals surface area contributed by atoms with Gasteiger partial charge in [0.2, 0.25) is 5.91 Å². The van der Waals surface area contributed by atoms with Gasteiger partial charge in [0, 0.05) is 42.4 Å². The molecule has 1 aromatic heterocycles. The van der Waals surface area contributed by atoms with Crippen molar-refractivity contribution in [2.75, 3.05) is 31.6 Å². The number of rotatable bonds is 5. The van der Waals surface area contributed by atoms with E-state index < -0.39 is 0 Å². The fourth-order valence-corrected chi connectivity index (χ4v) is 8.45. The van der Waals surface area contributed by atoms with Gasteiger partial charge in [-0.25, -0.2) is 9.78 Å². The lowest BCUT2D eigenvalue weighted by molar-refractivity contribution is -0.129. The Hall–Kier alpha value is -2.78. The number of ketones is 1. The molecule has 1 saturated heterocycles. The zero-order chi connectivity index (χ0) is 27.1. The zero-order valence-electron chi connectivity index (χ0n) is 22.7. The molecule has 1 aromatic carbocycles. The second kappa shape index (κ2) is 10.7. The summed E-state index contributed by atoms with van der Waals surface area (Å²) in [6.45, 7) is 6.35. The molecule has 2 saturated carbocycles. The molecule has 6 rings (SSSR count). The Morgan fingerprint density at radius 2 is 2.08 bits per heavy atom. The predicted octanol–water partition coefficient (Wildman–Crippen LogP) is 5.35. The maximum absolute atomic E-state index is 13.3. The lowest BCUT2D eigenvalue weighted by Gasteiger charge is -2.50. The molecule has 9 heteroatoms. The number of thiazole rings is 1. The summed E-state index contributed by atoms with van der Waals surface area (Å²) in [6.07, 6.45) is 7.00. The fraction of sp³-hybridized carbons (Fsp3) is 0.600. The molecule has 39 heavy (non-hydrogen) atoms. The number of nitrogens with one attached hydrogen (secondary N) is 1. The maximum atomic E-state index is 13.3. The molecular weight excluding hydrogens is 514 g/mol. The first-order valence-electron chi connectivity index (χ1n) is 14.2. The highest BCUT2D eigenvalue weighted by atomic mass is 32.1. The number of nitrogens with zero attached hydrogens (tertiary/aromatic N) is 2. The molecule has 0 radical (unpaired) electrons. The van der Waals surface area contributed by atoms with E-state index in [-0.39, 0.29) is 23.3 Å². The Morgan fingerprint density at radius 3 is 2.85 bits per heavy atom. The normalized spacial score (nSPS) is 29.8. The summed E-state index contributed by atoms with van der Waals surface area (Å²) in [4.78, 5) is 45.6. The van der Waals surface area contributed by atoms with Crippen molar-refractivity contribution in [2.24, 2.45) is 23.2 Å². The lowest BCUT2D eigenvalue weighted by Crippen LogP contribution is -2.44. The molecule has 3 unspecified atom stereocenters. The van der Waals surface area contributed by atoms with E-state index in [0.29, 0.717) is 73.6 Å². The van der Waals surface area contributed by atoms with Crippen molar-refractivity contribution in [3.05, 3.63) is 40.4 Å². The van der Waals surface area contributed by atoms with Crippen LogP contribution in [-0.4, -0.2) is 54.0 Å². The van der Waals surface area contributed by atoms with Crippen molar-refractivity contribution in [2.45, 2.75) is 64.7 Å². The number of Topliss-reactive ketones (excluding diaryl/α,β-unsaturated/α-hetero) is 1. The van der Waals surface area contributed by atoms with Gasteiger partial charge in [-0.2, -0.15) is 0 Å². The summed E-state index contributed by atoms with van der Waals surface area (Å²) < 4.78 is 11.1. The third-order valence-corrected chi connectivity index (χ3v) is 10.5. The van der Waals surface area contributed by atoms with E-state index in [1.807, 2.05) is 19.1 Å². The molecular formula is C30H37N3O5S. The fourth-order valence-electron chi connectivity index (χ4n) is 7.77. The summed E-state index contributed by atoms with van der Waals surface area (Å²) in [7, 11) is 0. The number of aromatic nitrogens is 1. The van der Waals surface area contributed by atoms with E-state index in [2.05, 4.69) is 23.3 Å². The SMILES string of the molecule is Cc1cnc(NC(=O)CC[C@@H]2CC(=O)[C@@]3(C)CCC4c5ccc(OC(=O)N6CCOCC6)cc5CCC4C23)s1. The molecule has 3 aliphatic carbocycles. The van der Waals surface area contributed by atoms with Crippen LogP contribution in [0.3, 0.4) is 0 Å². The van der Waals surface area contributed by atoms with Crippen LogP contribution in [0.5, 0.6) is 5.75 Å². The maximum Gasteiger partial charge on any atom is 0.415 e. The lowest BCUT2D eigenvalue weighted by atomic mass is 9.54. The number of morpholine rings is 1. The first-order chi connectivity index (χ1) is 18.8. The highest BCUT2D eigenvalue weighted by Crippen LogP contribution is 2.62. The van der Waals surface area contributed by atoms with Crippen molar-refractivity contribution in [1.82, 2.24) is 9.88 Å². The second-order valence-corrected chi connectivity index (χ2v) is 13.1. The Morgan fingerprint density at radius 1 is 1.26 bits per heavy atom. The van der Waals surface area contributed by atoms with Gasteiger partial charge in [-0.3, -0.25) is 9.59 Å². The second-order valence-electron chi connectivity index (χ2n) is 11.9. The summed E-state index contributed by atoms with van der Waals surface area (Å²) in [6, 6.07) is 6.11. The van der Waals surface area contributed by atoms with Crippen molar-refractivity contribution in [3.63, 3.8) is 0 Å². The Labute approximate surface area is 233 Å². The van der Waals surface area contributed by atoms with E-state index in [0.717, 1.165) is 37.0 Å². The Bertz CT molecular complexity index is 1270. The highest BCUT2D eigenvalue weighted by Gasteiger charge is 2.58. The monoisotopic (exact) mass is 551 g/mol. The van der Waals surface area contributed by atoms with Gasteiger partial charge in [0.25, 0.3) is 0 Å². The molecule has 8 nitrogen and oxygen atoms in total. The van der Waals surface area contributed by atoms with Gasteiger partial charge in [-0.05, 0) is 86.0 Å². The number of carbonyl (C=O) groups excluding carboxylic acids is 3. The molecule has 2 aromatic rings. The molecule has 1 aliphatic heterocycles. The van der Waals surface area contributed by atoms with Crippen LogP contribution in [0.1, 0.15) is 67.4 Å². The number of carbonyl (C=O) groups is 3. The van der Waals surface area contributed by atoms with E-state index >= 15 is 0 Å². The Kier molecular flexibility index (Phi) is 7.22. The largest absolute Gasteiger partial charge is 0.415 e. The summed E-state index contributed by atoms with van der Waals surface area (Å²) in [5.74, 6) is 2.31. The zero-order valence-corrected chi connectivity index (χ0v) is 23.6. The smallest absolute Gasteiger partial charge is 0.410 e. The van der Waals surface area contributed by atoms with E-state index in [9.17, 15) is 14.4 Å². The molecule has 4 aliphatic rings. The van der Waals surface area contributed by atoms with E-state index in [4.69, 9.17) is 9.47 Å². The molecule has 0 bridgehead atoms. The Balaban J connectivity index is 1.15. The average molecular weight is 552 g/mol. The topological polar surface area (TPSA) is 97.8 Å². The van der Waals surface area contributed by atoms with Crippen LogP contribution < -0.4 is 10.1 Å². The molecule has 208 valence electrons. The van der Waals surface area contributed by atoms with Crippen LogP contribution in [0.2, 0.25) is 0 Å². The van der Waals surface area contributed by atoms with Crippen LogP contribution in [0.25, 0.3) is 0 Å². The first-order valence-corrected chi connectivity index (χ1v) is 15.1. The molecule has 2 amide bonds. The van der Waals surface area contributed by atoms with Crippen LogP contribution >= 0.6 is 11.3 Å². The number of aryl methyl sites for hydroxylation is 2. The molecule has 1 N–H and O–H groups in total. The van der Waals surface area contributed by atoms with Gasteiger partial charge in [-0.15, -0.1) is 11.3 Å². The van der Waals surface area contributed by atoms with Crippen molar-refractivity contribution in [3.8, 4) is 5.75 Å². The molecule has 0 spiro atoms. The van der Waals surface area contributed by atoms with Gasteiger partial charge in [0.15, 0.2) is 5.13 Å². The quantitative estimate of drug-likeness (QED) is 0.538. The van der Waals surface area contributed by atoms with Crippen LogP contribution in [0.15, 0.2) is 24.4 Å². The molecule has 2 heterocycles. The number of anilines is 1. The van der Waals surface area contributed by atoms with Gasteiger partial charge in [0.05, 0.1) is 13.2 Å². The minimum absolute atomic E-state index is 0.0223.